The van der Waals surface area contributed by atoms with Gasteiger partial charge in [-0.15, -0.1) is 0 Å². The molecule has 3 heterocycles. The molecule has 0 saturated carbocycles. The predicted octanol–water partition coefficient (Wildman–Crippen LogP) is 11.9. The molecular weight excluding hydrogens is 621 g/mol. The Kier molecular flexibility index (Phi) is 6.78. The maximum Gasteiger partial charge on any atom is 0.145 e. The lowest BCUT2D eigenvalue weighted by atomic mass is 9.95. The molecule has 4 nitrogen and oxygen atoms in total. The Labute approximate surface area is 295 Å². The van der Waals surface area contributed by atoms with E-state index in [4.69, 9.17) is 15.0 Å². The summed E-state index contributed by atoms with van der Waals surface area (Å²) < 4.78 is 2.25. The Morgan fingerprint density at radius 2 is 0.980 bits per heavy atom. The molecule has 0 fully saturated rings. The first-order chi connectivity index (χ1) is 25.3. The molecule has 0 unspecified atom stereocenters. The van der Waals surface area contributed by atoms with Crippen molar-refractivity contribution < 1.29 is 0 Å². The second-order valence-electron chi connectivity index (χ2n) is 12.8. The average Bonchev–Trinajstić information content (AvgIpc) is 3.61. The largest absolute Gasteiger partial charge is 0.292 e. The molecule has 0 atom stereocenters. The molecule has 238 valence electrons. The summed E-state index contributed by atoms with van der Waals surface area (Å²) in [6.07, 6.45) is 0. The molecule has 0 amide bonds. The van der Waals surface area contributed by atoms with Crippen LogP contribution in [0.2, 0.25) is 0 Å². The zero-order valence-electron chi connectivity index (χ0n) is 27.6. The van der Waals surface area contributed by atoms with Gasteiger partial charge in [0.25, 0.3) is 0 Å². The van der Waals surface area contributed by atoms with Crippen LogP contribution >= 0.6 is 0 Å². The molecule has 51 heavy (non-hydrogen) atoms. The van der Waals surface area contributed by atoms with Gasteiger partial charge in [0.05, 0.1) is 33.5 Å². The van der Waals surface area contributed by atoms with E-state index in [1.807, 2.05) is 18.2 Å². The van der Waals surface area contributed by atoms with Gasteiger partial charge < -0.3 is 0 Å². The SMILES string of the molecule is c1ccc(-c2ccc3c(ccc4c5ccc(-c6ccc(-n7c(-c8ccccc8)nc8ccccc87)cc6)cc5nc(-c5ccccc5)c34)n2)cc1. The first kappa shape index (κ1) is 29.0. The Morgan fingerprint density at radius 1 is 0.353 bits per heavy atom. The second kappa shape index (κ2) is 11.9. The van der Waals surface area contributed by atoms with Gasteiger partial charge in [-0.05, 0) is 65.0 Å². The summed E-state index contributed by atoms with van der Waals surface area (Å²) in [6, 6.07) is 63.6. The van der Waals surface area contributed by atoms with E-state index in [0.717, 1.165) is 88.9 Å². The maximum absolute atomic E-state index is 5.39. The van der Waals surface area contributed by atoms with Crippen LogP contribution in [0.1, 0.15) is 0 Å². The Morgan fingerprint density at radius 3 is 1.75 bits per heavy atom. The van der Waals surface area contributed by atoms with Gasteiger partial charge in [0, 0.05) is 38.5 Å². The van der Waals surface area contributed by atoms with Crippen molar-refractivity contribution in [1.29, 1.82) is 0 Å². The van der Waals surface area contributed by atoms with Gasteiger partial charge in [-0.1, -0.05) is 133 Å². The molecule has 0 aliphatic rings. The Balaban J connectivity index is 1.11. The lowest BCUT2D eigenvalue weighted by Gasteiger charge is -2.14. The van der Waals surface area contributed by atoms with Crippen LogP contribution in [0.15, 0.2) is 182 Å². The summed E-state index contributed by atoms with van der Waals surface area (Å²) in [5.74, 6) is 0.929. The highest BCUT2D eigenvalue weighted by Crippen LogP contribution is 2.39. The number of hydrogen-bond donors (Lipinski definition) is 0. The van der Waals surface area contributed by atoms with Gasteiger partial charge in [0.1, 0.15) is 5.82 Å². The molecule has 10 aromatic rings. The van der Waals surface area contributed by atoms with Crippen LogP contribution in [0, 0.1) is 0 Å². The number of hydrogen-bond acceptors (Lipinski definition) is 3. The predicted molar refractivity (Wildman–Crippen MR) is 211 cm³/mol. The van der Waals surface area contributed by atoms with Crippen LogP contribution in [0.4, 0.5) is 0 Å². The van der Waals surface area contributed by atoms with Crippen molar-refractivity contribution in [2.45, 2.75) is 0 Å². The summed E-state index contributed by atoms with van der Waals surface area (Å²) in [4.78, 5) is 15.5. The summed E-state index contributed by atoms with van der Waals surface area (Å²) in [5.41, 5.74) is 12.5. The van der Waals surface area contributed by atoms with E-state index in [0.29, 0.717) is 0 Å². The third-order valence-electron chi connectivity index (χ3n) is 9.80. The van der Waals surface area contributed by atoms with Crippen LogP contribution in [-0.2, 0) is 0 Å². The molecule has 7 aromatic carbocycles. The molecule has 0 spiro atoms. The number of para-hydroxylation sites is 2. The van der Waals surface area contributed by atoms with E-state index in [2.05, 4.69) is 168 Å². The van der Waals surface area contributed by atoms with Gasteiger partial charge in [0.15, 0.2) is 0 Å². The van der Waals surface area contributed by atoms with Crippen molar-refractivity contribution in [2.75, 3.05) is 0 Å². The Hall–Kier alpha value is -6.91. The zero-order chi connectivity index (χ0) is 33.7. The third-order valence-corrected chi connectivity index (χ3v) is 9.80. The summed E-state index contributed by atoms with van der Waals surface area (Å²) in [5, 5.41) is 4.51. The minimum Gasteiger partial charge on any atom is -0.292 e. The molecule has 3 aromatic heterocycles. The quantitative estimate of drug-likeness (QED) is 0.174. The highest BCUT2D eigenvalue weighted by molar-refractivity contribution is 6.21. The fourth-order valence-electron chi connectivity index (χ4n) is 7.34. The number of rotatable bonds is 5. The third kappa shape index (κ3) is 4.96. The van der Waals surface area contributed by atoms with Gasteiger partial charge >= 0.3 is 0 Å². The van der Waals surface area contributed by atoms with Crippen LogP contribution in [0.5, 0.6) is 0 Å². The smallest absolute Gasteiger partial charge is 0.145 e. The summed E-state index contributed by atoms with van der Waals surface area (Å²) in [6.45, 7) is 0. The number of nitrogens with zero attached hydrogens (tertiary/aromatic N) is 4. The number of aromatic nitrogens is 4. The number of imidazole rings is 1. The fourth-order valence-corrected chi connectivity index (χ4v) is 7.34. The molecule has 0 aliphatic heterocycles. The van der Waals surface area contributed by atoms with Crippen molar-refractivity contribution in [3.63, 3.8) is 0 Å². The fraction of sp³-hybridized carbons (Fsp3) is 0. The standard InChI is InChI=1S/C47H30N4/c1-4-12-32(13-5-1)40-28-27-39-41(48-40)29-26-38-37-25-22-35(30-43(37)49-46(45(38)39)33-14-6-2-7-15-33)31-20-23-36(24-21-31)51-44-19-11-10-18-42(44)50-47(51)34-16-8-3-9-17-34/h1-30H. The highest BCUT2D eigenvalue weighted by atomic mass is 15.1. The second-order valence-corrected chi connectivity index (χ2v) is 12.8. The lowest BCUT2D eigenvalue weighted by molar-refractivity contribution is 1.10. The van der Waals surface area contributed by atoms with Crippen molar-refractivity contribution >= 4 is 43.6 Å². The van der Waals surface area contributed by atoms with Gasteiger partial charge in [-0.3, -0.25) is 4.57 Å². The number of pyridine rings is 2. The van der Waals surface area contributed by atoms with Crippen molar-refractivity contribution in [2.24, 2.45) is 0 Å². The monoisotopic (exact) mass is 650 g/mol. The number of fused-ring (bicyclic) bond motifs is 6. The molecule has 10 rings (SSSR count). The zero-order valence-corrected chi connectivity index (χ0v) is 27.6. The molecular formula is C47H30N4. The molecule has 0 radical (unpaired) electrons. The van der Waals surface area contributed by atoms with Crippen LogP contribution < -0.4 is 0 Å². The molecule has 0 bridgehead atoms. The van der Waals surface area contributed by atoms with Gasteiger partial charge in [-0.2, -0.15) is 0 Å². The van der Waals surface area contributed by atoms with E-state index < -0.39 is 0 Å². The first-order valence-corrected chi connectivity index (χ1v) is 17.2. The molecule has 0 N–H and O–H groups in total. The van der Waals surface area contributed by atoms with Crippen LogP contribution in [-0.4, -0.2) is 19.5 Å². The van der Waals surface area contributed by atoms with Crippen LogP contribution in [0.3, 0.4) is 0 Å². The van der Waals surface area contributed by atoms with Gasteiger partial charge in [0.2, 0.25) is 0 Å². The first-order valence-electron chi connectivity index (χ1n) is 17.2. The minimum atomic E-state index is 0.929. The molecule has 0 aliphatic carbocycles. The van der Waals surface area contributed by atoms with E-state index in [1.54, 1.807) is 0 Å². The van der Waals surface area contributed by atoms with Crippen molar-refractivity contribution in [3.8, 4) is 50.7 Å². The van der Waals surface area contributed by atoms with Crippen LogP contribution in [0.25, 0.3) is 94.3 Å². The van der Waals surface area contributed by atoms with E-state index in [-0.39, 0.29) is 0 Å². The Bertz CT molecular complexity index is 2880. The van der Waals surface area contributed by atoms with E-state index in [9.17, 15) is 0 Å². The van der Waals surface area contributed by atoms with E-state index >= 15 is 0 Å². The van der Waals surface area contributed by atoms with E-state index in [1.165, 1.54) is 5.39 Å². The highest BCUT2D eigenvalue weighted by Gasteiger charge is 2.17. The topological polar surface area (TPSA) is 43.6 Å². The molecule has 0 saturated heterocycles. The minimum absolute atomic E-state index is 0.929. The average molecular weight is 651 g/mol. The maximum atomic E-state index is 5.39. The number of benzene rings is 7. The summed E-state index contributed by atoms with van der Waals surface area (Å²) in [7, 11) is 0. The van der Waals surface area contributed by atoms with Gasteiger partial charge in [-0.25, -0.2) is 15.0 Å². The lowest BCUT2D eigenvalue weighted by Crippen LogP contribution is -1.97. The van der Waals surface area contributed by atoms with Crippen molar-refractivity contribution in [1.82, 2.24) is 19.5 Å². The molecule has 4 heteroatoms. The van der Waals surface area contributed by atoms with Crippen molar-refractivity contribution in [3.05, 3.63) is 182 Å². The summed E-state index contributed by atoms with van der Waals surface area (Å²) >= 11 is 0. The normalized spacial score (nSPS) is 11.5.